The lowest BCUT2D eigenvalue weighted by atomic mass is 10.1. The first-order valence-corrected chi connectivity index (χ1v) is 12.3. The molecule has 1 aromatic heterocycles. The second kappa shape index (κ2) is 8.70. The van der Waals surface area contributed by atoms with Gasteiger partial charge in [0.1, 0.15) is 6.04 Å². The average molecular weight is 469 g/mol. The number of carbonyl (C=O) groups is 3. The van der Waals surface area contributed by atoms with E-state index in [1.54, 1.807) is 17.0 Å². The highest BCUT2D eigenvalue weighted by Gasteiger charge is 2.34. The number of benzene rings is 2. The Hall–Kier alpha value is -3.66. The number of anilines is 1. The lowest BCUT2D eigenvalue weighted by molar-refractivity contribution is -0.132. The summed E-state index contributed by atoms with van der Waals surface area (Å²) < 4.78 is 25.3. The van der Waals surface area contributed by atoms with Gasteiger partial charge in [0.2, 0.25) is 15.9 Å². The molecule has 0 aliphatic carbocycles. The highest BCUT2D eigenvalue weighted by atomic mass is 32.2. The van der Waals surface area contributed by atoms with Crippen LogP contribution >= 0.6 is 0 Å². The molecule has 1 aliphatic heterocycles. The number of Topliss-reactive ketones (excluding diaryl/α,β-unsaturated/α-hetero) is 1. The van der Waals surface area contributed by atoms with Gasteiger partial charge in [-0.15, -0.1) is 0 Å². The number of carbonyl (C=O) groups excluding carboxylic acids is 3. The van der Waals surface area contributed by atoms with Crippen molar-refractivity contribution in [3.8, 4) is 0 Å². The molecular formula is C23H24N4O5S. The molecule has 3 N–H and O–H groups in total. The van der Waals surface area contributed by atoms with Crippen molar-refractivity contribution in [2.45, 2.75) is 25.9 Å². The van der Waals surface area contributed by atoms with Crippen LogP contribution < -0.4 is 10.0 Å². The van der Waals surface area contributed by atoms with Crippen LogP contribution in [0.4, 0.5) is 5.69 Å². The van der Waals surface area contributed by atoms with Gasteiger partial charge in [-0.1, -0.05) is 29.8 Å². The lowest BCUT2D eigenvalue weighted by Crippen LogP contribution is -2.44. The monoisotopic (exact) mass is 468 g/mol. The first kappa shape index (κ1) is 22.5. The van der Waals surface area contributed by atoms with Crippen LogP contribution in [0.1, 0.15) is 27.9 Å². The Labute approximate surface area is 191 Å². The predicted octanol–water partition coefficient (Wildman–Crippen LogP) is 1.95. The maximum Gasteiger partial charge on any atom is 0.293 e. The molecular weight excluding hydrogens is 444 g/mol. The van der Waals surface area contributed by atoms with Gasteiger partial charge >= 0.3 is 0 Å². The SMILES string of the molecule is Cc1ccc(CN2CCC(NC(=O)C(=O)c3c[nH]c4ccc(NS(C)(=O)=O)cc34)C2=O)cc1. The number of nitrogens with zero attached hydrogens (tertiary/aromatic N) is 1. The summed E-state index contributed by atoms with van der Waals surface area (Å²) in [7, 11) is -3.50. The number of rotatable bonds is 7. The third kappa shape index (κ3) is 5.06. The average Bonchev–Trinajstić information content (AvgIpc) is 3.32. The summed E-state index contributed by atoms with van der Waals surface area (Å²) in [6.07, 6.45) is 2.84. The van der Waals surface area contributed by atoms with Gasteiger partial charge in [0, 0.05) is 35.9 Å². The van der Waals surface area contributed by atoms with Crippen LogP contribution in [0.25, 0.3) is 10.9 Å². The molecule has 1 unspecified atom stereocenters. The highest BCUT2D eigenvalue weighted by molar-refractivity contribution is 7.92. The fourth-order valence-electron chi connectivity index (χ4n) is 3.88. The number of aromatic nitrogens is 1. The Bertz CT molecular complexity index is 1340. The standard InChI is InChI=1S/C23H24N4O5S/c1-14-3-5-15(6-4-14)13-27-10-9-20(23(27)30)25-22(29)21(28)18-12-24-19-8-7-16(11-17(18)19)26-33(2,31)32/h3-8,11-12,20,24,26H,9-10,13H2,1-2H3,(H,25,29). The molecule has 1 atom stereocenters. The summed E-state index contributed by atoms with van der Waals surface area (Å²) in [6.45, 7) is 2.92. The van der Waals surface area contributed by atoms with E-state index in [0.29, 0.717) is 30.4 Å². The maximum absolute atomic E-state index is 12.8. The van der Waals surface area contributed by atoms with Gasteiger partial charge < -0.3 is 15.2 Å². The Morgan fingerprint density at radius 2 is 1.88 bits per heavy atom. The van der Waals surface area contributed by atoms with E-state index in [-0.39, 0.29) is 17.2 Å². The van der Waals surface area contributed by atoms with Crippen LogP contribution in [0.2, 0.25) is 0 Å². The van der Waals surface area contributed by atoms with E-state index < -0.39 is 27.8 Å². The summed E-state index contributed by atoms with van der Waals surface area (Å²) in [6, 6.07) is 11.8. The summed E-state index contributed by atoms with van der Waals surface area (Å²) >= 11 is 0. The molecule has 4 rings (SSSR count). The number of sulfonamides is 1. The van der Waals surface area contributed by atoms with Crippen molar-refractivity contribution in [2.24, 2.45) is 0 Å². The zero-order valence-corrected chi connectivity index (χ0v) is 19.0. The van der Waals surface area contributed by atoms with Crippen LogP contribution in [0, 0.1) is 6.92 Å². The van der Waals surface area contributed by atoms with Gasteiger partial charge in [0.05, 0.1) is 11.8 Å². The number of fused-ring (bicyclic) bond motifs is 1. The molecule has 1 aliphatic rings. The van der Waals surface area contributed by atoms with Crippen LogP contribution in [-0.2, 0) is 26.2 Å². The maximum atomic E-state index is 12.8. The van der Waals surface area contributed by atoms with Crippen LogP contribution in [-0.4, -0.2) is 54.7 Å². The van der Waals surface area contributed by atoms with E-state index in [2.05, 4.69) is 15.0 Å². The second-order valence-corrected chi connectivity index (χ2v) is 9.97. The van der Waals surface area contributed by atoms with E-state index in [4.69, 9.17) is 0 Å². The number of nitrogens with one attached hydrogen (secondary N) is 3. The van der Waals surface area contributed by atoms with Crippen molar-refractivity contribution < 1.29 is 22.8 Å². The molecule has 9 nitrogen and oxygen atoms in total. The quantitative estimate of drug-likeness (QED) is 0.361. The topological polar surface area (TPSA) is 128 Å². The van der Waals surface area contributed by atoms with Crippen molar-refractivity contribution >= 4 is 44.2 Å². The molecule has 2 heterocycles. The smallest absolute Gasteiger partial charge is 0.293 e. The molecule has 2 aromatic carbocycles. The Morgan fingerprint density at radius 3 is 2.58 bits per heavy atom. The number of hydrogen-bond donors (Lipinski definition) is 3. The van der Waals surface area contributed by atoms with Crippen molar-refractivity contribution in [1.82, 2.24) is 15.2 Å². The molecule has 0 radical (unpaired) electrons. The van der Waals surface area contributed by atoms with Gasteiger partial charge in [-0.25, -0.2) is 8.42 Å². The predicted molar refractivity (Wildman–Crippen MR) is 124 cm³/mol. The highest BCUT2D eigenvalue weighted by Crippen LogP contribution is 2.24. The Balaban J connectivity index is 1.45. The van der Waals surface area contributed by atoms with E-state index in [9.17, 15) is 22.8 Å². The number of aromatic amines is 1. The van der Waals surface area contributed by atoms with E-state index in [1.807, 2.05) is 31.2 Å². The first-order chi connectivity index (χ1) is 15.6. The molecule has 0 bridgehead atoms. The third-order valence-electron chi connectivity index (χ3n) is 5.53. The van der Waals surface area contributed by atoms with E-state index >= 15 is 0 Å². The number of amides is 2. The fraction of sp³-hybridized carbons (Fsp3) is 0.261. The van der Waals surface area contributed by atoms with Gasteiger partial charge in [-0.3, -0.25) is 19.1 Å². The normalized spacial score (nSPS) is 16.2. The van der Waals surface area contributed by atoms with Crippen molar-refractivity contribution in [1.29, 1.82) is 0 Å². The molecule has 0 spiro atoms. The number of hydrogen-bond acceptors (Lipinski definition) is 5. The minimum atomic E-state index is -3.50. The zero-order chi connectivity index (χ0) is 23.8. The minimum Gasteiger partial charge on any atom is -0.360 e. The molecule has 0 saturated carbocycles. The molecule has 1 fully saturated rings. The van der Waals surface area contributed by atoms with Gasteiger partial charge in [0.15, 0.2) is 0 Å². The Kier molecular flexibility index (Phi) is 5.94. The van der Waals surface area contributed by atoms with Crippen LogP contribution in [0.5, 0.6) is 0 Å². The van der Waals surface area contributed by atoms with Crippen LogP contribution in [0.3, 0.4) is 0 Å². The van der Waals surface area contributed by atoms with Gasteiger partial charge in [-0.2, -0.15) is 0 Å². The number of ketones is 1. The molecule has 2 amide bonds. The molecule has 3 aromatic rings. The van der Waals surface area contributed by atoms with Crippen molar-refractivity contribution in [2.75, 3.05) is 17.5 Å². The Morgan fingerprint density at radius 1 is 1.15 bits per heavy atom. The molecule has 1 saturated heterocycles. The first-order valence-electron chi connectivity index (χ1n) is 10.4. The minimum absolute atomic E-state index is 0.0987. The summed E-state index contributed by atoms with van der Waals surface area (Å²) in [5, 5.41) is 2.96. The van der Waals surface area contributed by atoms with E-state index in [1.165, 1.54) is 12.3 Å². The van der Waals surface area contributed by atoms with Crippen LogP contribution in [0.15, 0.2) is 48.7 Å². The largest absolute Gasteiger partial charge is 0.360 e. The number of H-pyrrole nitrogens is 1. The zero-order valence-electron chi connectivity index (χ0n) is 18.2. The van der Waals surface area contributed by atoms with Gasteiger partial charge in [0.25, 0.3) is 11.7 Å². The summed E-state index contributed by atoms with van der Waals surface area (Å²) in [5.41, 5.74) is 3.07. The second-order valence-electron chi connectivity index (χ2n) is 8.23. The summed E-state index contributed by atoms with van der Waals surface area (Å²) in [5.74, 6) is -1.91. The summed E-state index contributed by atoms with van der Waals surface area (Å²) in [4.78, 5) is 42.8. The number of likely N-dealkylation sites (tertiary alicyclic amines) is 1. The van der Waals surface area contributed by atoms with E-state index in [0.717, 1.165) is 17.4 Å². The van der Waals surface area contributed by atoms with Crippen molar-refractivity contribution in [3.63, 3.8) is 0 Å². The molecule has 172 valence electrons. The third-order valence-corrected chi connectivity index (χ3v) is 6.14. The lowest BCUT2D eigenvalue weighted by Gasteiger charge is -2.17. The number of aryl methyl sites for hydroxylation is 1. The molecule has 10 heteroatoms. The molecule has 33 heavy (non-hydrogen) atoms. The van der Waals surface area contributed by atoms with Crippen molar-refractivity contribution in [3.05, 3.63) is 65.4 Å². The fourth-order valence-corrected chi connectivity index (χ4v) is 4.43. The van der Waals surface area contributed by atoms with Gasteiger partial charge in [-0.05, 0) is 37.1 Å².